The number of para-hydroxylation sites is 1. The van der Waals surface area contributed by atoms with Crippen LogP contribution in [0.4, 0.5) is 24.5 Å². The molecule has 1 aromatic heterocycles. The van der Waals surface area contributed by atoms with Gasteiger partial charge in [0.1, 0.15) is 11.3 Å². The summed E-state index contributed by atoms with van der Waals surface area (Å²) in [6, 6.07) is 16.2. The minimum Gasteiger partial charge on any atom is -0.491 e. The Morgan fingerprint density at radius 3 is 2.19 bits per heavy atom. The number of unbranched alkanes of at least 4 members (excludes halogenated alkanes) is 3. The SMILES string of the molecule is Nc1ccc(N)c(OCCCCCCOc2c(-c3ccc(C(F)(F)F)cc3)oc3ccccc3c2=O)c1. The van der Waals surface area contributed by atoms with E-state index in [9.17, 15) is 18.0 Å². The van der Waals surface area contributed by atoms with Crippen molar-refractivity contribution in [3.05, 3.63) is 82.5 Å². The molecule has 0 aliphatic heterocycles. The lowest BCUT2D eigenvalue weighted by Crippen LogP contribution is -2.11. The Labute approximate surface area is 211 Å². The number of benzene rings is 3. The Hall–Kier alpha value is -4.14. The number of hydrogen-bond acceptors (Lipinski definition) is 6. The molecule has 0 atom stereocenters. The fourth-order valence-electron chi connectivity index (χ4n) is 3.85. The average Bonchev–Trinajstić information content (AvgIpc) is 2.88. The summed E-state index contributed by atoms with van der Waals surface area (Å²) in [5, 5.41) is 0.339. The molecule has 0 saturated carbocycles. The maximum Gasteiger partial charge on any atom is 0.416 e. The second-order valence-electron chi connectivity index (χ2n) is 8.57. The van der Waals surface area contributed by atoms with E-state index in [4.69, 9.17) is 25.4 Å². The van der Waals surface area contributed by atoms with Gasteiger partial charge in [0, 0.05) is 17.3 Å². The quantitative estimate of drug-likeness (QED) is 0.182. The zero-order chi connectivity index (χ0) is 26.4. The molecule has 0 unspecified atom stereocenters. The molecule has 4 aromatic rings. The first kappa shape index (κ1) is 25.9. The minimum absolute atomic E-state index is 0.0149. The Balaban J connectivity index is 1.38. The maximum absolute atomic E-state index is 13.1. The Bertz CT molecular complexity index is 1420. The van der Waals surface area contributed by atoms with Crippen molar-refractivity contribution in [1.82, 2.24) is 0 Å². The molecule has 4 rings (SSSR count). The number of hydrogen-bond donors (Lipinski definition) is 2. The van der Waals surface area contributed by atoms with Crippen molar-refractivity contribution < 1.29 is 27.1 Å². The highest BCUT2D eigenvalue weighted by Crippen LogP contribution is 2.34. The van der Waals surface area contributed by atoms with E-state index >= 15 is 0 Å². The van der Waals surface area contributed by atoms with Gasteiger partial charge in [0.25, 0.3) is 0 Å². The molecule has 0 amide bonds. The van der Waals surface area contributed by atoms with Crippen LogP contribution in [0.2, 0.25) is 0 Å². The first-order valence-electron chi connectivity index (χ1n) is 11.9. The molecule has 0 aliphatic rings. The van der Waals surface area contributed by atoms with Gasteiger partial charge < -0.3 is 25.4 Å². The van der Waals surface area contributed by atoms with Crippen LogP contribution in [0.3, 0.4) is 0 Å². The molecule has 0 radical (unpaired) electrons. The summed E-state index contributed by atoms with van der Waals surface area (Å²) < 4.78 is 56.4. The molecule has 0 aliphatic carbocycles. The first-order chi connectivity index (χ1) is 17.7. The molecule has 3 aromatic carbocycles. The lowest BCUT2D eigenvalue weighted by molar-refractivity contribution is -0.137. The summed E-state index contributed by atoms with van der Waals surface area (Å²) >= 11 is 0. The van der Waals surface area contributed by atoms with E-state index in [1.807, 2.05) is 0 Å². The fraction of sp³-hybridized carbons (Fsp3) is 0.250. The van der Waals surface area contributed by atoms with Gasteiger partial charge in [-0.2, -0.15) is 13.2 Å². The van der Waals surface area contributed by atoms with Crippen LogP contribution in [0.5, 0.6) is 11.5 Å². The van der Waals surface area contributed by atoms with Gasteiger partial charge in [-0.3, -0.25) is 4.79 Å². The minimum atomic E-state index is -4.46. The van der Waals surface area contributed by atoms with Crippen molar-refractivity contribution >= 4 is 22.3 Å². The summed E-state index contributed by atoms with van der Waals surface area (Å²) in [7, 11) is 0. The van der Waals surface area contributed by atoms with E-state index < -0.39 is 11.7 Å². The van der Waals surface area contributed by atoms with Crippen LogP contribution < -0.4 is 26.4 Å². The van der Waals surface area contributed by atoms with Crippen molar-refractivity contribution in [1.29, 1.82) is 0 Å². The standard InChI is InChI=1S/C28H27F3N2O4/c29-28(30,31)19-11-9-18(10-12-19)26-27(25(34)21-7-3-4-8-23(21)37-26)36-16-6-2-1-5-15-35-24-17-20(32)13-14-22(24)33/h3-4,7-14,17H,1-2,5-6,15-16,32-33H2. The number of anilines is 2. The van der Waals surface area contributed by atoms with Crippen LogP contribution in [0.15, 0.2) is 75.9 Å². The highest BCUT2D eigenvalue weighted by molar-refractivity contribution is 5.82. The molecule has 9 heteroatoms. The van der Waals surface area contributed by atoms with E-state index in [-0.39, 0.29) is 23.5 Å². The number of alkyl halides is 3. The molecular weight excluding hydrogens is 485 g/mol. The van der Waals surface area contributed by atoms with Gasteiger partial charge in [0.2, 0.25) is 11.2 Å². The van der Waals surface area contributed by atoms with E-state index in [0.717, 1.165) is 31.4 Å². The smallest absolute Gasteiger partial charge is 0.416 e. The fourth-order valence-corrected chi connectivity index (χ4v) is 3.85. The average molecular weight is 513 g/mol. The van der Waals surface area contributed by atoms with Crippen LogP contribution in [-0.4, -0.2) is 13.2 Å². The number of nitrogens with two attached hydrogens (primary N) is 2. The third kappa shape index (κ3) is 6.35. The Kier molecular flexibility index (Phi) is 7.91. The molecule has 194 valence electrons. The Morgan fingerprint density at radius 1 is 0.811 bits per heavy atom. The number of rotatable bonds is 10. The van der Waals surface area contributed by atoms with Crippen molar-refractivity contribution in [3.8, 4) is 22.8 Å². The highest BCUT2D eigenvalue weighted by atomic mass is 19.4. The van der Waals surface area contributed by atoms with Crippen LogP contribution in [0.25, 0.3) is 22.3 Å². The lowest BCUT2D eigenvalue weighted by atomic mass is 10.1. The number of fused-ring (bicyclic) bond motifs is 1. The number of halogens is 3. The second kappa shape index (κ2) is 11.3. The zero-order valence-corrected chi connectivity index (χ0v) is 20.0. The predicted octanol–water partition coefficient (Wildman–Crippen LogP) is 6.66. The van der Waals surface area contributed by atoms with Gasteiger partial charge >= 0.3 is 6.18 Å². The molecule has 6 nitrogen and oxygen atoms in total. The van der Waals surface area contributed by atoms with E-state index in [0.29, 0.717) is 46.7 Å². The molecule has 0 spiro atoms. The Morgan fingerprint density at radius 2 is 1.49 bits per heavy atom. The summed E-state index contributed by atoms with van der Waals surface area (Å²) in [6.07, 6.45) is -1.32. The van der Waals surface area contributed by atoms with Gasteiger partial charge in [-0.25, -0.2) is 0 Å². The van der Waals surface area contributed by atoms with E-state index in [1.54, 1.807) is 42.5 Å². The van der Waals surface area contributed by atoms with Crippen LogP contribution in [0.1, 0.15) is 31.2 Å². The topological polar surface area (TPSA) is 101 Å². The summed E-state index contributed by atoms with van der Waals surface area (Å²) in [6.45, 7) is 0.737. The monoisotopic (exact) mass is 512 g/mol. The molecule has 1 heterocycles. The molecule has 0 bridgehead atoms. The predicted molar refractivity (Wildman–Crippen MR) is 138 cm³/mol. The summed E-state index contributed by atoms with van der Waals surface area (Å²) in [5.41, 5.74) is 12.2. The van der Waals surface area contributed by atoms with Gasteiger partial charge in [-0.05, 0) is 62.1 Å². The molecule has 4 N–H and O–H groups in total. The zero-order valence-electron chi connectivity index (χ0n) is 20.0. The largest absolute Gasteiger partial charge is 0.491 e. The van der Waals surface area contributed by atoms with Gasteiger partial charge in [0.05, 0.1) is 29.9 Å². The molecule has 0 fully saturated rings. The number of ether oxygens (including phenoxy) is 2. The normalized spacial score (nSPS) is 11.5. The molecule has 0 saturated heterocycles. The third-order valence-corrected chi connectivity index (χ3v) is 5.81. The van der Waals surface area contributed by atoms with E-state index in [2.05, 4.69) is 0 Å². The lowest BCUT2D eigenvalue weighted by Gasteiger charge is -2.13. The van der Waals surface area contributed by atoms with Crippen LogP contribution in [0, 0.1) is 0 Å². The van der Waals surface area contributed by atoms with Gasteiger partial charge in [0.15, 0.2) is 5.76 Å². The number of nitrogen functional groups attached to an aromatic ring is 2. The first-order valence-corrected chi connectivity index (χ1v) is 11.9. The second-order valence-corrected chi connectivity index (χ2v) is 8.57. The maximum atomic E-state index is 13.1. The molecular formula is C28H27F3N2O4. The van der Waals surface area contributed by atoms with E-state index in [1.165, 1.54) is 12.1 Å². The third-order valence-electron chi connectivity index (χ3n) is 5.81. The summed E-state index contributed by atoms with van der Waals surface area (Å²) in [5.74, 6) is 0.645. The van der Waals surface area contributed by atoms with Crippen molar-refractivity contribution in [3.63, 3.8) is 0 Å². The van der Waals surface area contributed by atoms with Crippen molar-refractivity contribution in [2.45, 2.75) is 31.9 Å². The highest BCUT2D eigenvalue weighted by Gasteiger charge is 2.30. The van der Waals surface area contributed by atoms with Crippen molar-refractivity contribution in [2.75, 3.05) is 24.7 Å². The molecule has 37 heavy (non-hydrogen) atoms. The van der Waals surface area contributed by atoms with Crippen LogP contribution >= 0.6 is 0 Å². The van der Waals surface area contributed by atoms with Gasteiger partial charge in [-0.15, -0.1) is 0 Å². The van der Waals surface area contributed by atoms with Crippen LogP contribution in [-0.2, 0) is 6.18 Å². The van der Waals surface area contributed by atoms with Crippen molar-refractivity contribution in [2.24, 2.45) is 0 Å². The van der Waals surface area contributed by atoms with Gasteiger partial charge in [-0.1, -0.05) is 24.3 Å². The summed E-state index contributed by atoms with van der Waals surface area (Å²) in [4.78, 5) is 13.1.